The van der Waals surface area contributed by atoms with Crippen molar-refractivity contribution >= 4 is 22.4 Å². The molecule has 5 heteroatoms. The van der Waals surface area contributed by atoms with Crippen LogP contribution in [-0.2, 0) is 26.0 Å². The maximum atomic E-state index is 11.9. The molecule has 26 heavy (non-hydrogen) atoms. The van der Waals surface area contributed by atoms with Gasteiger partial charge in [-0.05, 0) is 46.2 Å². The van der Waals surface area contributed by atoms with Crippen LogP contribution in [0.2, 0.25) is 0 Å². The Hall–Kier alpha value is -2.89. The summed E-state index contributed by atoms with van der Waals surface area (Å²) in [4.78, 5) is 27.0. The molecule has 0 saturated carbocycles. The van der Waals surface area contributed by atoms with E-state index in [1.165, 1.54) is 7.11 Å². The fourth-order valence-corrected chi connectivity index (χ4v) is 3.25. The van der Waals surface area contributed by atoms with E-state index in [4.69, 9.17) is 9.73 Å². The van der Waals surface area contributed by atoms with Crippen LogP contribution in [0, 0.1) is 0 Å². The highest BCUT2D eigenvalue weighted by Gasteiger charge is 2.34. The van der Waals surface area contributed by atoms with Crippen molar-refractivity contribution in [3.8, 4) is 0 Å². The Morgan fingerprint density at radius 3 is 2.62 bits per heavy atom. The van der Waals surface area contributed by atoms with E-state index >= 15 is 0 Å². The lowest BCUT2D eigenvalue weighted by Gasteiger charge is -2.23. The van der Waals surface area contributed by atoms with Gasteiger partial charge in [-0.25, -0.2) is 14.6 Å². The van der Waals surface area contributed by atoms with E-state index in [9.17, 15) is 4.79 Å². The van der Waals surface area contributed by atoms with Gasteiger partial charge in [0.25, 0.3) is 0 Å². The van der Waals surface area contributed by atoms with Crippen LogP contribution in [0.25, 0.3) is 10.8 Å². The first-order valence-corrected chi connectivity index (χ1v) is 8.48. The van der Waals surface area contributed by atoms with E-state index in [-0.39, 0.29) is 12.0 Å². The Morgan fingerprint density at radius 2 is 1.81 bits per heavy atom. The first kappa shape index (κ1) is 16.6. The van der Waals surface area contributed by atoms with Crippen LogP contribution < -0.4 is 5.06 Å². The minimum Gasteiger partial charge on any atom is -0.340 e. The first-order chi connectivity index (χ1) is 12.7. The van der Waals surface area contributed by atoms with E-state index in [1.54, 1.807) is 5.06 Å². The molecule has 1 heterocycles. The molecule has 0 amide bonds. The lowest BCUT2D eigenvalue weighted by Crippen LogP contribution is -2.21. The van der Waals surface area contributed by atoms with Crippen LogP contribution in [0.4, 0.5) is 5.69 Å². The summed E-state index contributed by atoms with van der Waals surface area (Å²) in [5.74, 6) is -0.217. The molecular weight excluding hydrogens is 330 g/mol. The van der Waals surface area contributed by atoms with Crippen molar-refractivity contribution in [2.75, 3.05) is 12.2 Å². The summed E-state index contributed by atoms with van der Waals surface area (Å²) in [7, 11) is 1.50. The number of hydrogen-bond acceptors (Lipinski definition) is 5. The average molecular weight is 349 g/mol. The molecule has 3 aromatic rings. The highest BCUT2D eigenvalue weighted by molar-refractivity contribution is 5.85. The molecule has 1 atom stereocenters. The predicted octanol–water partition coefficient (Wildman–Crippen LogP) is 4.33. The molecule has 1 fully saturated rings. The number of fused-ring (bicyclic) bond motifs is 1. The molecule has 1 saturated heterocycles. The van der Waals surface area contributed by atoms with Crippen LogP contribution in [-0.4, -0.2) is 13.1 Å². The SMILES string of the molecule is COOCc1ccc2cc(C3CC(=O)ON3c3ccccc3)ccc2c1. The summed E-state index contributed by atoms with van der Waals surface area (Å²) in [6.07, 6.45) is 0.333. The van der Waals surface area contributed by atoms with E-state index in [0.717, 1.165) is 27.6 Å². The topological polar surface area (TPSA) is 48.0 Å². The predicted molar refractivity (Wildman–Crippen MR) is 98.1 cm³/mol. The van der Waals surface area contributed by atoms with Gasteiger partial charge in [-0.15, -0.1) is 0 Å². The van der Waals surface area contributed by atoms with Gasteiger partial charge < -0.3 is 4.84 Å². The van der Waals surface area contributed by atoms with E-state index in [1.807, 2.05) is 42.5 Å². The molecule has 5 nitrogen and oxygen atoms in total. The van der Waals surface area contributed by atoms with Crippen LogP contribution >= 0.6 is 0 Å². The van der Waals surface area contributed by atoms with Gasteiger partial charge in [-0.2, -0.15) is 5.06 Å². The van der Waals surface area contributed by atoms with Gasteiger partial charge in [0.15, 0.2) is 0 Å². The number of carbonyl (C=O) groups is 1. The zero-order chi connectivity index (χ0) is 17.9. The molecule has 3 aromatic carbocycles. The van der Waals surface area contributed by atoms with Gasteiger partial charge in [-0.1, -0.05) is 42.5 Å². The number of hydrogen-bond donors (Lipinski definition) is 0. The minimum absolute atomic E-state index is 0.134. The van der Waals surface area contributed by atoms with Gasteiger partial charge in [0.05, 0.1) is 19.2 Å². The highest BCUT2D eigenvalue weighted by atomic mass is 17.2. The minimum atomic E-state index is -0.217. The van der Waals surface area contributed by atoms with Crippen LogP contribution in [0.15, 0.2) is 66.7 Å². The maximum absolute atomic E-state index is 11.9. The fraction of sp³-hybridized carbons (Fsp3) is 0.190. The Balaban J connectivity index is 1.65. The molecule has 0 bridgehead atoms. The molecule has 132 valence electrons. The normalized spacial score (nSPS) is 16.9. The Bertz CT molecular complexity index is 926. The van der Waals surface area contributed by atoms with Crippen molar-refractivity contribution in [1.82, 2.24) is 0 Å². The number of hydroxylamine groups is 1. The zero-order valence-electron chi connectivity index (χ0n) is 14.4. The van der Waals surface area contributed by atoms with Gasteiger partial charge in [0, 0.05) is 0 Å². The third-order valence-electron chi connectivity index (χ3n) is 4.51. The quantitative estimate of drug-likeness (QED) is 0.507. The molecule has 0 N–H and O–H groups in total. The van der Waals surface area contributed by atoms with Gasteiger partial charge in [-0.3, -0.25) is 0 Å². The second kappa shape index (κ2) is 7.15. The van der Waals surface area contributed by atoms with Crippen LogP contribution in [0.1, 0.15) is 23.6 Å². The largest absolute Gasteiger partial charge is 0.340 e. The van der Waals surface area contributed by atoms with Gasteiger partial charge in [0.2, 0.25) is 0 Å². The number of rotatable bonds is 5. The summed E-state index contributed by atoms with van der Waals surface area (Å²) in [6, 6.07) is 21.9. The van der Waals surface area contributed by atoms with Crippen molar-refractivity contribution in [3.05, 3.63) is 77.9 Å². The van der Waals surface area contributed by atoms with Crippen molar-refractivity contribution < 1.29 is 19.4 Å². The van der Waals surface area contributed by atoms with Crippen LogP contribution in [0.3, 0.4) is 0 Å². The van der Waals surface area contributed by atoms with Gasteiger partial charge >= 0.3 is 5.97 Å². The monoisotopic (exact) mass is 349 g/mol. The van der Waals surface area contributed by atoms with Crippen LogP contribution in [0.5, 0.6) is 0 Å². The van der Waals surface area contributed by atoms with Gasteiger partial charge in [0.1, 0.15) is 12.6 Å². The highest BCUT2D eigenvalue weighted by Crippen LogP contribution is 2.36. The third kappa shape index (κ3) is 3.27. The smallest absolute Gasteiger partial charge is 0.334 e. The lowest BCUT2D eigenvalue weighted by atomic mass is 9.98. The van der Waals surface area contributed by atoms with E-state index in [0.29, 0.717) is 13.0 Å². The van der Waals surface area contributed by atoms with Crippen molar-refractivity contribution in [1.29, 1.82) is 0 Å². The molecule has 0 aromatic heterocycles. The zero-order valence-corrected chi connectivity index (χ0v) is 14.4. The fourth-order valence-electron chi connectivity index (χ4n) is 3.25. The molecule has 1 unspecified atom stereocenters. The first-order valence-electron chi connectivity index (χ1n) is 8.48. The van der Waals surface area contributed by atoms with E-state index < -0.39 is 0 Å². The summed E-state index contributed by atoms with van der Waals surface area (Å²) < 4.78 is 0. The lowest BCUT2D eigenvalue weighted by molar-refractivity contribution is -0.282. The molecule has 1 aliphatic heterocycles. The Morgan fingerprint density at radius 1 is 1.04 bits per heavy atom. The standard InChI is InChI=1S/C21H19NO4/c1-24-25-14-15-7-8-17-12-18(10-9-16(17)11-15)20-13-21(23)26-22(20)19-5-3-2-4-6-19/h2-12,20H,13-14H2,1H3. The number of nitrogens with zero attached hydrogens (tertiary/aromatic N) is 1. The summed E-state index contributed by atoms with van der Waals surface area (Å²) in [6.45, 7) is 0.404. The second-order valence-corrected chi connectivity index (χ2v) is 6.21. The third-order valence-corrected chi connectivity index (χ3v) is 4.51. The molecule has 1 aliphatic rings. The summed E-state index contributed by atoms with van der Waals surface area (Å²) >= 11 is 0. The number of benzene rings is 3. The molecule has 0 aliphatic carbocycles. The molecular formula is C21H19NO4. The summed E-state index contributed by atoms with van der Waals surface area (Å²) in [5, 5.41) is 3.92. The van der Waals surface area contributed by atoms with Crippen molar-refractivity contribution in [2.24, 2.45) is 0 Å². The van der Waals surface area contributed by atoms with Crippen molar-refractivity contribution in [3.63, 3.8) is 0 Å². The molecule has 0 spiro atoms. The summed E-state index contributed by atoms with van der Waals surface area (Å²) in [5.41, 5.74) is 2.96. The number of carbonyl (C=O) groups excluding carboxylic acids is 1. The Kier molecular flexibility index (Phi) is 4.56. The average Bonchev–Trinajstić information content (AvgIpc) is 3.08. The second-order valence-electron chi connectivity index (χ2n) is 6.21. The molecule has 0 radical (unpaired) electrons. The van der Waals surface area contributed by atoms with Crippen molar-refractivity contribution in [2.45, 2.75) is 19.1 Å². The number of anilines is 1. The maximum Gasteiger partial charge on any atom is 0.334 e. The molecule has 4 rings (SSSR count). The number of para-hydroxylation sites is 1. The van der Waals surface area contributed by atoms with E-state index in [2.05, 4.69) is 29.2 Å². The Labute approximate surface area is 151 Å².